The Morgan fingerprint density at radius 1 is 1.35 bits per heavy atom. The number of carbonyl (C=O) groups excluding carboxylic acids is 1. The van der Waals surface area contributed by atoms with Gasteiger partial charge in [-0.15, -0.1) is 24.8 Å². The molecule has 3 N–H and O–H groups in total. The van der Waals surface area contributed by atoms with Crippen LogP contribution in [0.2, 0.25) is 0 Å². The number of rotatable bonds is 9. The van der Waals surface area contributed by atoms with Crippen molar-refractivity contribution in [2.75, 3.05) is 6.54 Å². The van der Waals surface area contributed by atoms with Crippen molar-refractivity contribution in [3.63, 3.8) is 0 Å². The lowest BCUT2D eigenvalue weighted by atomic mass is 10.1. The Morgan fingerprint density at radius 2 is 2.08 bits per heavy atom. The minimum Gasteiger partial charge on any atom is -0.441 e. The van der Waals surface area contributed by atoms with Crippen molar-refractivity contribution in [3.05, 3.63) is 42.2 Å². The first kappa shape index (κ1) is 24.4. The van der Waals surface area contributed by atoms with Gasteiger partial charge in [0.05, 0.1) is 11.8 Å². The molecular formula is C18H26Cl2FN3O2. The van der Waals surface area contributed by atoms with E-state index in [-0.39, 0.29) is 49.0 Å². The summed E-state index contributed by atoms with van der Waals surface area (Å²) in [5, 5.41) is 2.93. The van der Waals surface area contributed by atoms with Crippen molar-refractivity contribution < 1.29 is 13.6 Å². The molecule has 0 aliphatic heterocycles. The molecule has 0 spiro atoms. The van der Waals surface area contributed by atoms with Gasteiger partial charge in [0.25, 0.3) is 0 Å². The number of benzene rings is 1. The van der Waals surface area contributed by atoms with Crippen LogP contribution < -0.4 is 11.1 Å². The van der Waals surface area contributed by atoms with Gasteiger partial charge >= 0.3 is 0 Å². The maximum absolute atomic E-state index is 13.7. The third-order valence-electron chi connectivity index (χ3n) is 3.81. The molecule has 1 aromatic heterocycles. The molecule has 1 aromatic carbocycles. The Kier molecular flexibility index (Phi) is 11.9. The molecule has 0 aliphatic rings. The van der Waals surface area contributed by atoms with Crippen molar-refractivity contribution in [3.8, 4) is 11.3 Å². The summed E-state index contributed by atoms with van der Waals surface area (Å²) >= 11 is 0. The summed E-state index contributed by atoms with van der Waals surface area (Å²) in [6.07, 6.45) is 5.10. The van der Waals surface area contributed by atoms with Gasteiger partial charge in [0.2, 0.25) is 5.91 Å². The van der Waals surface area contributed by atoms with Gasteiger partial charge in [-0.1, -0.05) is 31.9 Å². The number of unbranched alkanes of at least 4 members (excludes halogenated alkanes) is 1. The third-order valence-corrected chi connectivity index (χ3v) is 3.81. The maximum atomic E-state index is 13.7. The molecule has 146 valence electrons. The fourth-order valence-electron chi connectivity index (χ4n) is 2.43. The molecule has 0 fully saturated rings. The predicted molar refractivity (Wildman–Crippen MR) is 105 cm³/mol. The minimum absolute atomic E-state index is 0. The van der Waals surface area contributed by atoms with Crippen molar-refractivity contribution in [1.82, 2.24) is 10.3 Å². The van der Waals surface area contributed by atoms with Crippen LogP contribution in [0.15, 0.2) is 34.9 Å². The van der Waals surface area contributed by atoms with Gasteiger partial charge in [0.15, 0.2) is 11.7 Å². The lowest BCUT2D eigenvalue weighted by Crippen LogP contribution is -2.40. The predicted octanol–water partition coefficient (Wildman–Crippen LogP) is 3.89. The summed E-state index contributed by atoms with van der Waals surface area (Å²) in [4.78, 5) is 16.1. The fraction of sp³-hybridized carbons (Fsp3) is 0.444. The molecule has 0 radical (unpaired) electrons. The van der Waals surface area contributed by atoms with Crippen LogP contribution >= 0.6 is 24.8 Å². The van der Waals surface area contributed by atoms with E-state index in [1.54, 1.807) is 18.2 Å². The summed E-state index contributed by atoms with van der Waals surface area (Å²) < 4.78 is 19.3. The Morgan fingerprint density at radius 3 is 2.73 bits per heavy atom. The molecule has 0 saturated carbocycles. The van der Waals surface area contributed by atoms with Crippen LogP contribution in [0.3, 0.4) is 0 Å². The molecular weight excluding hydrogens is 380 g/mol. The van der Waals surface area contributed by atoms with Gasteiger partial charge < -0.3 is 15.5 Å². The number of nitrogens with zero attached hydrogens (tertiary/aromatic N) is 1. The first-order valence-corrected chi connectivity index (χ1v) is 8.33. The molecule has 0 saturated heterocycles. The van der Waals surface area contributed by atoms with Gasteiger partial charge in [-0.2, -0.15) is 0 Å². The first-order valence-electron chi connectivity index (χ1n) is 8.33. The quantitative estimate of drug-likeness (QED) is 0.662. The molecule has 1 unspecified atom stereocenters. The second-order valence-electron chi connectivity index (χ2n) is 5.74. The number of halogens is 3. The van der Waals surface area contributed by atoms with E-state index in [0.717, 1.165) is 19.3 Å². The van der Waals surface area contributed by atoms with Crippen LogP contribution in [0.4, 0.5) is 4.39 Å². The average molecular weight is 406 g/mol. The molecule has 1 atom stereocenters. The highest BCUT2D eigenvalue weighted by atomic mass is 35.5. The van der Waals surface area contributed by atoms with Gasteiger partial charge in [-0.05, 0) is 18.6 Å². The number of hydrogen-bond acceptors (Lipinski definition) is 4. The van der Waals surface area contributed by atoms with E-state index in [1.165, 1.54) is 12.3 Å². The Hall–Kier alpha value is -1.63. The van der Waals surface area contributed by atoms with Crippen LogP contribution in [0, 0.1) is 5.82 Å². The van der Waals surface area contributed by atoms with Crippen LogP contribution in [0.5, 0.6) is 0 Å². The van der Waals surface area contributed by atoms with E-state index in [4.69, 9.17) is 10.2 Å². The van der Waals surface area contributed by atoms with E-state index in [0.29, 0.717) is 30.2 Å². The lowest BCUT2D eigenvalue weighted by Gasteiger charge is -2.16. The zero-order valence-corrected chi connectivity index (χ0v) is 16.4. The Labute approximate surface area is 165 Å². The van der Waals surface area contributed by atoms with Crippen LogP contribution in [0.25, 0.3) is 11.3 Å². The average Bonchev–Trinajstić information content (AvgIpc) is 3.06. The van der Waals surface area contributed by atoms with Gasteiger partial charge in [-0.3, -0.25) is 4.79 Å². The smallest absolute Gasteiger partial charge is 0.220 e. The van der Waals surface area contributed by atoms with E-state index in [2.05, 4.69) is 17.2 Å². The van der Waals surface area contributed by atoms with Crippen LogP contribution in [-0.2, 0) is 11.2 Å². The highest BCUT2D eigenvalue weighted by molar-refractivity contribution is 5.85. The standard InChI is InChI=1S/C18H24FN3O2.2ClH/c1-2-3-6-13(11-20)22-17(23)9-10-18-21-12-16(24-18)14-7-4-5-8-15(14)19;;/h4-5,7-8,12-13H,2-3,6,9-11,20H2,1H3,(H,22,23);2*1H. The number of aromatic nitrogens is 1. The molecule has 0 bridgehead atoms. The zero-order valence-electron chi connectivity index (χ0n) is 14.7. The summed E-state index contributed by atoms with van der Waals surface area (Å²) in [7, 11) is 0. The number of hydrogen-bond donors (Lipinski definition) is 2. The lowest BCUT2D eigenvalue weighted by molar-refractivity contribution is -0.121. The van der Waals surface area contributed by atoms with Crippen molar-refractivity contribution in [2.45, 2.75) is 45.1 Å². The van der Waals surface area contributed by atoms with Gasteiger partial charge in [0.1, 0.15) is 5.82 Å². The maximum Gasteiger partial charge on any atom is 0.220 e. The second kappa shape index (κ2) is 12.7. The van der Waals surface area contributed by atoms with Crippen LogP contribution in [-0.4, -0.2) is 23.5 Å². The molecule has 8 heteroatoms. The number of nitrogens with one attached hydrogen (secondary N) is 1. The summed E-state index contributed by atoms with van der Waals surface area (Å²) in [6, 6.07) is 6.36. The number of nitrogens with two attached hydrogens (primary N) is 1. The van der Waals surface area contributed by atoms with Crippen molar-refractivity contribution >= 4 is 30.7 Å². The minimum atomic E-state index is -0.361. The van der Waals surface area contributed by atoms with Gasteiger partial charge in [0, 0.05) is 25.4 Å². The van der Waals surface area contributed by atoms with E-state index < -0.39 is 0 Å². The Balaban J connectivity index is 0.00000312. The molecule has 1 heterocycles. The SMILES string of the molecule is CCCCC(CN)NC(=O)CCc1ncc(-c2ccccc2F)o1.Cl.Cl. The summed E-state index contributed by atoms with van der Waals surface area (Å²) in [5.74, 6) is 0.347. The number of carbonyl (C=O) groups is 1. The van der Waals surface area contributed by atoms with Crippen molar-refractivity contribution in [1.29, 1.82) is 0 Å². The highest BCUT2D eigenvalue weighted by Crippen LogP contribution is 2.23. The monoisotopic (exact) mass is 405 g/mol. The van der Waals surface area contributed by atoms with E-state index >= 15 is 0 Å². The topological polar surface area (TPSA) is 81.1 Å². The summed E-state index contributed by atoms with van der Waals surface area (Å²) in [6.45, 7) is 2.54. The molecule has 0 aliphatic carbocycles. The van der Waals surface area contributed by atoms with Crippen LogP contribution in [0.1, 0.15) is 38.5 Å². The second-order valence-corrected chi connectivity index (χ2v) is 5.74. The number of aryl methyl sites for hydroxylation is 1. The zero-order chi connectivity index (χ0) is 17.4. The Bertz CT molecular complexity index is 667. The fourth-order valence-corrected chi connectivity index (χ4v) is 2.43. The van der Waals surface area contributed by atoms with E-state index in [1.807, 2.05) is 0 Å². The largest absolute Gasteiger partial charge is 0.441 e. The van der Waals surface area contributed by atoms with E-state index in [9.17, 15) is 9.18 Å². The van der Waals surface area contributed by atoms with Gasteiger partial charge in [-0.25, -0.2) is 9.37 Å². The molecule has 5 nitrogen and oxygen atoms in total. The third kappa shape index (κ3) is 7.32. The highest BCUT2D eigenvalue weighted by Gasteiger charge is 2.13. The number of amides is 1. The molecule has 1 amide bonds. The molecule has 26 heavy (non-hydrogen) atoms. The normalized spacial score (nSPS) is 11.2. The first-order chi connectivity index (χ1) is 11.6. The number of oxazole rings is 1. The summed E-state index contributed by atoms with van der Waals surface area (Å²) in [5.41, 5.74) is 6.03. The molecule has 2 aromatic rings. The molecule has 2 rings (SSSR count). The van der Waals surface area contributed by atoms with Crippen molar-refractivity contribution in [2.24, 2.45) is 5.73 Å².